The summed E-state index contributed by atoms with van der Waals surface area (Å²) in [6.07, 6.45) is 6.50. The fourth-order valence-corrected chi connectivity index (χ4v) is 6.44. The molecule has 1 saturated carbocycles. The van der Waals surface area contributed by atoms with Crippen molar-refractivity contribution in [3.63, 3.8) is 0 Å². The maximum absolute atomic E-state index is 13.4. The zero-order chi connectivity index (χ0) is 26.0. The number of anilines is 2. The van der Waals surface area contributed by atoms with Gasteiger partial charge < -0.3 is 10.2 Å². The predicted octanol–water partition coefficient (Wildman–Crippen LogP) is 6.71. The number of hydrogen-bond acceptors (Lipinski definition) is 4. The van der Waals surface area contributed by atoms with Crippen LogP contribution in [0.15, 0.2) is 91.1 Å². The van der Waals surface area contributed by atoms with Gasteiger partial charge in [0.15, 0.2) is 0 Å². The standard InChI is InChI=1S/C33H36N4O/c1-25-14-17-33(18-15-25,37-22-20-36(21-23-37)28-10-3-2-4-11-28)26-8-7-9-27(24-26)35-32(38)30-16-19-34-31-13-6-5-12-29(30)31/h2-13,16,19,24-25H,14-15,17-18,20-23H2,1H3,(H,35,38)/t25-,33-. The number of fused-ring (bicyclic) bond motifs is 1. The number of rotatable bonds is 5. The van der Waals surface area contributed by atoms with Crippen molar-refractivity contribution >= 4 is 28.2 Å². The maximum Gasteiger partial charge on any atom is 0.256 e. The Balaban J connectivity index is 1.25. The van der Waals surface area contributed by atoms with E-state index in [9.17, 15) is 4.79 Å². The number of amides is 1. The highest BCUT2D eigenvalue weighted by atomic mass is 16.1. The highest BCUT2D eigenvalue weighted by molar-refractivity contribution is 6.12. The van der Waals surface area contributed by atoms with Gasteiger partial charge in [-0.15, -0.1) is 0 Å². The molecule has 1 aromatic heterocycles. The van der Waals surface area contributed by atoms with Crippen molar-refractivity contribution in [1.82, 2.24) is 9.88 Å². The molecule has 0 unspecified atom stereocenters. The molecule has 2 fully saturated rings. The second-order valence-electron chi connectivity index (χ2n) is 10.9. The molecule has 5 nitrogen and oxygen atoms in total. The van der Waals surface area contributed by atoms with Gasteiger partial charge in [0.2, 0.25) is 0 Å². The first kappa shape index (κ1) is 24.6. The predicted molar refractivity (Wildman–Crippen MR) is 156 cm³/mol. The second kappa shape index (κ2) is 10.6. The number of aromatic nitrogens is 1. The van der Waals surface area contributed by atoms with Gasteiger partial charge >= 0.3 is 0 Å². The van der Waals surface area contributed by atoms with Crippen LogP contribution in [-0.4, -0.2) is 42.0 Å². The maximum atomic E-state index is 13.4. The van der Waals surface area contributed by atoms with Crippen LogP contribution in [0.5, 0.6) is 0 Å². The number of hydrogen-bond donors (Lipinski definition) is 1. The van der Waals surface area contributed by atoms with Crippen molar-refractivity contribution in [3.05, 3.63) is 102 Å². The normalized spacial score (nSPS) is 22.3. The number of pyridine rings is 1. The summed E-state index contributed by atoms with van der Waals surface area (Å²) >= 11 is 0. The largest absolute Gasteiger partial charge is 0.369 e. The van der Waals surface area contributed by atoms with E-state index in [-0.39, 0.29) is 11.4 Å². The first-order chi connectivity index (χ1) is 18.6. The van der Waals surface area contributed by atoms with Crippen molar-refractivity contribution in [2.45, 2.75) is 38.1 Å². The lowest BCUT2D eigenvalue weighted by Crippen LogP contribution is -2.56. The van der Waals surface area contributed by atoms with E-state index in [0.717, 1.165) is 61.5 Å². The third-order valence-corrected chi connectivity index (χ3v) is 8.66. The van der Waals surface area contributed by atoms with E-state index in [4.69, 9.17) is 0 Å². The van der Waals surface area contributed by atoms with Gasteiger partial charge in [-0.05, 0) is 73.6 Å². The monoisotopic (exact) mass is 504 g/mol. The SMILES string of the molecule is C[C@H]1CC[C@](c2cccc(NC(=O)c3ccnc4ccccc34)c2)(N2CCN(c3ccccc3)CC2)CC1. The summed E-state index contributed by atoms with van der Waals surface area (Å²) < 4.78 is 0. The smallest absolute Gasteiger partial charge is 0.256 e. The minimum Gasteiger partial charge on any atom is -0.369 e. The number of benzene rings is 3. The number of nitrogens with one attached hydrogen (secondary N) is 1. The molecule has 1 aliphatic heterocycles. The summed E-state index contributed by atoms with van der Waals surface area (Å²) in [5, 5.41) is 4.07. The molecule has 1 amide bonds. The first-order valence-corrected chi connectivity index (χ1v) is 13.9. The van der Waals surface area contributed by atoms with Gasteiger partial charge in [0.05, 0.1) is 11.1 Å². The Bertz CT molecular complexity index is 1400. The molecule has 1 saturated heterocycles. The van der Waals surface area contributed by atoms with Crippen LogP contribution in [-0.2, 0) is 5.54 Å². The van der Waals surface area contributed by atoms with Crippen molar-refractivity contribution < 1.29 is 4.79 Å². The lowest BCUT2D eigenvalue weighted by Gasteiger charge is -2.51. The third kappa shape index (κ3) is 4.79. The fraction of sp³-hybridized carbons (Fsp3) is 0.333. The molecule has 5 heteroatoms. The zero-order valence-corrected chi connectivity index (χ0v) is 22.1. The number of para-hydroxylation sites is 2. The molecular formula is C33H36N4O. The number of carbonyl (C=O) groups is 1. The second-order valence-corrected chi connectivity index (χ2v) is 10.9. The Kier molecular flexibility index (Phi) is 6.86. The van der Waals surface area contributed by atoms with Crippen molar-refractivity contribution in [1.29, 1.82) is 0 Å². The molecule has 0 spiro atoms. The Labute approximate surface area is 225 Å². The van der Waals surface area contributed by atoms with Crippen LogP contribution < -0.4 is 10.2 Å². The lowest BCUT2D eigenvalue weighted by atomic mass is 9.71. The van der Waals surface area contributed by atoms with Crippen LogP contribution in [0.4, 0.5) is 11.4 Å². The van der Waals surface area contributed by atoms with Gasteiger partial charge in [-0.3, -0.25) is 14.7 Å². The number of piperazine rings is 1. The summed E-state index contributed by atoms with van der Waals surface area (Å²) in [5.74, 6) is 0.667. The van der Waals surface area contributed by atoms with E-state index in [1.165, 1.54) is 24.1 Å². The van der Waals surface area contributed by atoms with E-state index >= 15 is 0 Å². The molecule has 194 valence electrons. The lowest BCUT2D eigenvalue weighted by molar-refractivity contribution is 0.0299. The van der Waals surface area contributed by atoms with Gasteiger partial charge in [0.1, 0.15) is 0 Å². The molecule has 4 aromatic rings. The van der Waals surface area contributed by atoms with Crippen LogP contribution in [0.2, 0.25) is 0 Å². The van der Waals surface area contributed by atoms with Crippen molar-refractivity contribution in [2.24, 2.45) is 5.92 Å². The number of carbonyl (C=O) groups excluding carboxylic acids is 1. The Morgan fingerprint density at radius 3 is 2.39 bits per heavy atom. The summed E-state index contributed by atoms with van der Waals surface area (Å²) in [4.78, 5) is 23.0. The van der Waals surface area contributed by atoms with Crippen LogP contribution in [0.1, 0.15) is 48.5 Å². The Hall–Kier alpha value is -3.70. The van der Waals surface area contributed by atoms with Crippen LogP contribution in [0.3, 0.4) is 0 Å². The molecule has 1 N–H and O–H groups in total. The molecule has 6 rings (SSSR count). The molecule has 0 atom stereocenters. The van der Waals surface area contributed by atoms with Crippen molar-refractivity contribution in [3.8, 4) is 0 Å². The van der Waals surface area contributed by atoms with Crippen molar-refractivity contribution in [2.75, 3.05) is 36.4 Å². The molecule has 2 heterocycles. The average Bonchev–Trinajstić information content (AvgIpc) is 2.98. The van der Waals surface area contributed by atoms with Gasteiger partial charge in [-0.1, -0.05) is 55.5 Å². The fourth-order valence-electron chi connectivity index (χ4n) is 6.44. The molecule has 2 aliphatic rings. The molecule has 0 radical (unpaired) electrons. The van der Waals surface area contributed by atoms with Crippen LogP contribution in [0, 0.1) is 5.92 Å². The molecular weight excluding hydrogens is 468 g/mol. The highest BCUT2D eigenvalue weighted by Gasteiger charge is 2.42. The van der Waals surface area contributed by atoms with E-state index in [1.807, 2.05) is 30.3 Å². The zero-order valence-electron chi connectivity index (χ0n) is 22.1. The first-order valence-electron chi connectivity index (χ1n) is 13.9. The summed E-state index contributed by atoms with van der Waals surface area (Å²) in [6.45, 7) is 6.54. The van der Waals surface area contributed by atoms with E-state index in [0.29, 0.717) is 5.56 Å². The summed E-state index contributed by atoms with van der Waals surface area (Å²) in [7, 11) is 0. The minimum absolute atomic E-state index is 0.0133. The molecule has 0 bridgehead atoms. The van der Waals surface area contributed by atoms with E-state index < -0.39 is 0 Å². The number of nitrogens with zero attached hydrogens (tertiary/aromatic N) is 3. The summed E-state index contributed by atoms with van der Waals surface area (Å²) in [6, 6.07) is 29.0. The molecule has 38 heavy (non-hydrogen) atoms. The molecule has 1 aliphatic carbocycles. The third-order valence-electron chi connectivity index (χ3n) is 8.66. The van der Waals surface area contributed by atoms with E-state index in [1.54, 1.807) is 12.3 Å². The van der Waals surface area contributed by atoms with Crippen LogP contribution in [0.25, 0.3) is 10.9 Å². The minimum atomic E-state index is -0.0939. The summed E-state index contributed by atoms with van der Waals surface area (Å²) in [5.41, 5.74) is 4.99. The van der Waals surface area contributed by atoms with Gasteiger partial charge in [0, 0.05) is 54.7 Å². The highest BCUT2D eigenvalue weighted by Crippen LogP contribution is 2.45. The average molecular weight is 505 g/mol. The van der Waals surface area contributed by atoms with Gasteiger partial charge in [0.25, 0.3) is 5.91 Å². The van der Waals surface area contributed by atoms with Crippen LogP contribution >= 0.6 is 0 Å². The Morgan fingerprint density at radius 2 is 1.61 bits per heavy atom. The molecule has 3 aromatic carbocycles. The quantitative estimate of drug-likeness (QED) is 0.328. The van der Waals surface area contributed by atoms with Gasteiger partial charge in [-0.25, -0.2) is 0 Å². The van der Waals surface area contributed by atoms with E-state index in [2.05, 4.69) is 75.6 Å². The Morgan fingerprint density at radius 1 is 0.868 bits per heavy atom. The van der Waals surface area contributed by atoms with Gasteiger partial charge in [-0.2, -0.15) is 0 Å². The topological polar surface area (TPSA) is 48.5 Å².